The number of rotatable bonds is 4. The quantitative estimate of drug-likeness (QED) is 0.589. The molecule has 6 nitrogen and oxygen atoms in total. The molecule has 2 rings (SSSR count). The minimum Gasteiger partial charge on any atom is -0.383 e. The van der Waals surface area contributed by atoms with E-state index >= 15 is 0 Å². The van der Waals surface area contributed by atoms with Gasteiger partial charge in [-0.2, -0.15) is 0 Å². The monoisotopic (exact) mass is 332 g/mol. The van der Waals surface area contributed by atoms with Crippen LogP contribution in [0.3, 0.4) is 0 Å². The summed E-state index contributed by atoms with van der Waals surface area (Å²) in [6.07, 6.45) is 0. The van der Waals surface area contributed by atoms with Crippen molar-refractivity contribution in [3.05, 3.63) is 46.2 Å². The number of carbonyl (C=O) groups excluding carboxylic acids is 1. The van der Waals surface area contributed by atoms with Gasteiger partial charge in [0.05, 0.1) is 5.75 Å². The molecular formula is C16H20N4O2S. The van der Waals surface area contributed by atoms with Gasteiger partial charge in [-0.25, -0.2) is 4.98 Å². The first kappa shape index (κ1) is 17.1. The lowest BCUT2D eigenvalue weighted by atomic mass is 9.87. The fourth-order valence-electron chi connectivity index (χ4n) is 1.91. The first-order chi connectivity index (χ1) is 10.7. The summed E-state index contributed by atoms with van der Waals surface area (Å²) in [7, 11) is 0. The molecule has 0 aliphatic rings. The molecule has 0 atom stereocenters. The summed E-state index contributed by atoms with van der Waals surface area (Å²) < 4.78 is 0. The van der Waals surface area contributed by atoms with Crippen LogP contribution in [0.1, 0.15) is 26.3 Å². The zero-order valence-electron chi connectivity index (χ0n) is 13.3. The normalized spacial score (nSPS) is 11.3. The van der Waals surface area contributed by atoms with Crippen LogP contribution in [0.25, 0.3) is 0 Å². The SMILES string of the molecule is CC(C)(C)c1ccc(NC(=O)CSc2nc(N)cc(=O)[nH]2)cc1. The lowest BCUT2D eigenvalue weighted by Crippen LogP contribution is -2.16. The Bertz CT molecular complexity index is 748. The average Bonchev–Trinajstić information content (AvgIpc) is 2.44. The smallest absolute Gasteiger partial charge is 0.253 e. The number of nitrogen functional groups attached to an aromatic ring is 1. The Hall–Kier alpha value is -2.28. The van der Waals surface area contributed by atoms with Crippen LogP contribution in [0.15, 0.2) is 40.3 Å². The first-order valence-corrected chi connectivity index (χ1v) is 8.12. The topological polar surface area (TPSA) is 101 Å². The van der Waals surface area contributed by atoms with E-state index in [-0.39, 0.29) is 28.5 Å². The number of nitrogens with zero attached hydrogens (tertiary/aromatic N) is 1. The van der Waals surface area contributed by atoms with Crippen LogP contribution < -0.4 is 16.6 Å². The van der Waals surface area contributed by atoms with Crippen molar-refractivity contribution in [3.63, 3.8) is 0 Å². The predicted octanol–water partition coefficient (Wildman–Crippen LogP) is 2.38. The van der Waals surface area contributed by atoms with Crippen LogP contribution in [-0.4, -0.2) is 21.6 Å². The van der Waals surface area contributed by atoms with E-state index in [1.165, 1.54) is 11.6 Å². The molecule has 1 heterocycles. The second-order valence-electron chi connectivity index (χ2n) is 6.14. The van der Waals surface area contributed by atoms with E-state index in [2.05, 4.69) is 36.1 Å². The summed E-state index contributed by atoms with van der Waals surface area (Å²) in [6.45, 7) is 6.41. The molecule has 1 amide bonds. The van der Waals surface area contributed by atoms with Crippen molar-refractivity contribution in [2.24, 2.45) is 0 Å². The van der Waals surface area contributed by atoms with Crippen molar-refractivity contribution >= 4 is 29.2 Å². The van der Waals surface area contributed by atoms with Gasteiger partial charge in [-0.15, -0.1) is 0 Å². The van der Waals surface area contributed by atoms with Gasteiger partial charge in [0.25, 0.3) is 5.56 Å². The van der Waals surface area contributed by atoms with Crippen molar-refractivity contribution in [3.8, 4) is 0 Å². The van der Waals surface area contributed by atoms with Gasteiger partial charge in [0.15, 0.2) is 5.16 Å². The molecule has 0 aliphatic carbocycles. The standard InChI is InChI=1S/C16H20N4O2S/c1-16(2,3)10-4-6-11(7-5-10)18-14(22)9-23-15-19-12(17)8-13(21)20-15/h4-8H,9H2,1-3H3,(H,18,22)(H3,17,19,20,21). The van der Waals surface area contributed by atoms with E-state index in [9.17, 15) is 9.59 Å². The Balaban J connectivity index is 1.93. The molecule has 4 N–H and O–H groups in total. The van der Waals surface area contributed by atoms with Crippen molar-refractivity contribution in [1.82, 2.24) is 9.97 Å². The molecule has 0 unspecified atom stereocenters. The largest absolute Gasteiger partial charge is 0.383 e. The van der Waals surface area contributed by atoms with E-state index in [1.54, 1.807) is 0 Å². The predicted molar refractivity (Wildman–Crippen MR) is 93.8 cm³/mol. The van der Waals surface area contributed by atoms with Crippen LogP contribution in [0, 0.1) is 0 Å². The molecule has 0 spiro atoms. The van der Waals surface area contributed by atoms with Crippen LogP contribution >= 0.6 is 11.8 Å². The number of benzene rings is 1. The maximum Gasteiger partial charge on any atom is 0.253 e. The molecule has 7 heteroatoms. The molecule has 1 aromatic carbocycles. The summed E-state index contributed by atoms with van der Waals surface area (Å²) in [5, 5.41) is 3.14. The Morgan fingerprint density at radius 3 is 2.52 bits per heavy atom. The van der Waals surface area contributed by atoms with Gasteiger partial charge >= 0.3 is 0 Å². The Morgan fingerprint density at radius 2 is 1.96 bits per heavy atom. The number of nitrogens with two attached hydrogens (primary N) is 1. The van der Waals surface area contributed by atoms with Gasteiger partial charge < -0.3 is 16.0 Å². The Labute approximate surface area is 138 Å². The third kappa shape index (κ3) is 5.14. The number of amides is 1. The summed E-state index contributed by atoms with van der Waals surface area (Å²) in [5.41, 5.74) is 7.17. The van der Waals surface area contributed by atoms with Gasteiger partial charge in [-0.3, -0.25) is 9.59 Å². The number of carbonyl (C=O) groups is 1. The van der Waals surface area contributed by atoms with E-state index in [0.717, 1.165) is 17.4 Å². The third-order valence-corrected chi connectivity index (χ3v) is 3.99. The Kier molecular flexibility index (Phi) is 5.10. The van der Waals surface area contributed by atoms with Crippen LogP contribution in [-0.2, 0) is 10.2 Å². The molecule has 0 fully saturated rings. The third-order valence-electron chi connectivity index (χ3n) is 3.11. The fraction of sp³-hybridized carbons (Fsp3) is 0.312. The van der Waals surface area contributed by atoms with Crippen molar-refractivity contribution in [2.45, 2.75) is 31.3 Å². The number of H-pyrrole nitrogens is 1. The maximum absolute atomic E-state index is 12.0. The highest BCUT2D eigenvalue weighted by molar-refractivity contribution is 7.99. The van der Waals surface area contributed by atoms with Crippen LogP contribution in [0.5, 0.6) is 0 Å². The molecule has 122 valence electrons. The highest BCUT2D eigenvalue weighted by Crippen LogP contribution is 2.23. The highest BCUT2D eigenvalue weighted by atomic mass is 32.2. The molecule has 0 radical (unpaired) electrons. The summed E-state index contributed by atoms with van der Waals surface area (Å²) in [6, 6.07) is 8.95. The van der Waals surface area contributed by atoms with E-state index in [4.69, 9.17) is 5.73 Å². The summed E-state index contributed by atoms with van der Waals surface area (Å²) in [4.78, 5) is 29.7. The van der Waals surface area contributed by atoms with E-state index in [0.29, 0.717) is 5.16 Å². The van der Waals surface area contributed by atoms with E-state index in [1.807, 2.05) is 24.3 Å². The number of nitrogens with one attached hydrogen (secondary N) is 2. The van der Waals surface area contributed by atoms with Crippen molar-refractivity contribution in [1.29, 1.82) is 0 Å². The number of hydrogen-bond donors (Lipinski definition) is 3. The number of hydrogen-bond acceptors (Lipinski definition) is 5. The van der Waals surface area contributed by atoms with Crippen molar-refractivity contribution in [2.75, 3.05) is 16.8 Å². The minimum absolute atomic E-state index is 0.0726. The number of anilines is 2. The molecule has 0 saturated carbocycles. The molecule has 0 bridgehead atoms. The fourth-order valence-corrected chi connectivity index (χ4v) is 2.59. The molecule has 0 aliphatic heterocycles. The molecular weight excluding hydrogens is 312 g/mol. The van der Waals surface area contributed by atoms with Crippen LogP contribution in [0.4, 0.5) is 11.5 Å². The number of thioether (sulfide) groups is 1. The average molecular weight is 332 g/mol. The molecule has 23 heavy (non-hydrogen) atoms. The molecule has 2 aromatic rings. The van der Waals surface area contributed by atoms with Crippen LogP contribution in [0.2, 0.25) is 0 Å². The maximum atomic E-state index is 12.0. The zero-order valence-corrected chi connectivity index (χ0v) is 14.2. The summed E-state index contributed by atoms with van der Waals surface area (Å²) >= 11 is 1.12. The zero-order chi connectivity index (χ0) is 17.0. The lowest BCUT2D eigenvalue weighted by Gasteiger charge is -2.19. The second-order valence-corrected chi connectivity index (χ2v) is 7.10. The number of aromatic nitrogens is 2. The Morgan fingerprint density at radius 1 is 1.30 bits per heavy atom. The van der Waals surface area contributed by atoms with E-state index < -0.39 is 0 Å². The second kappa shape index (κ2) is 6.87. The lowest BCUT2D eigenvalue weighted by molar-refractivity contribution is -0.113. The van der Waals surface area contributed by atoms with Gasteiger partial charge in [0, 0.05) is 11.8 Å². The van der Waals surface area contributed by atoms with Gasteiger partial charge in [-0.05, 0) is 23.1 Å². The molecule has 0 saturated heterocycles. The molecule has 1 aromatic heterocycles. The first-order valence-electron chi connectivity index (χ1n) is 7.14. The minimum atomic E-state index is -0.335. The van der Waals surface area contributed by atoms with Crippen molar-refractivity contribution < 1.29 is 4.79 Å². The number of aromatic amines is 1. The highest BCUT2D eigenvalue weighted by Gasteiger charge is 2.13. The van der Waals surface area contributed by atoms with Gasteiger partial charge in [0.1, 0.15) is 5.82 Å². The van der Waals surface area contributed by atoms with Gasteiger partial charge in [0.2, 0.25) is 5.91 Å². The summed E-state index contributed by atoms with van der Waals surface area (Å²) in [5.74, 6) is 0.0888. The van der Waals surface area contributed by atoms with Gasteiger partial charge in [-0.1, -0.05) is 44.7 Å².